The predicted octanol–water partition coefficient (Wildman–Crippen LogP) is 2.00. The number of nitrogens with zero attached hydrogens (tertiary/aromatic N) is 1. The van der Waals surface area contributed by atoms with E-state index < -0.39 is 10.0 Å². The Morgan fingerprint density at radius 3 is 2.62 bits per heavy atom. The summed E-state index contributed by atoms with van der Waals surface area (Å²) in [6.07, 6.45) is 3.24. The van der Waals surface area contributed by atoms with Crippen LogP contribution in [0.4, 0.5) is 0 Å². The van der Waals surface area contributed by atoms with E-state index in [4.69, 9.17) is 4.74 Å². The minimum atomic E-state index is -3.67. The van der Waals surface area contributed by atoms with Crippen molar-refractivity contribution in [3.8, 4) is 0 Å². The molecule has 1 aliphatic rings. The molecule has 0 heterocycles. The summed E-state index contributed by atoms with van der Waals surface area (Å²) < 4.78 is 32.1. The molecule has 24 heavy (non-hydrogen) atoms. The first-order valence-corrected chi connectivity index (χ1v) is 10.2. The number of halogens is 1. The number of carbonyl (C=O) groups excluding carboxylic acids is 1. The fourth-order valence-electron chi connectivity index (χ4n) is 2.07. The van der Waals surface area contributed by atoms with Gasteiger partial charge in [-0.05, 0) is 49.4 Å². The molecule has 1 N–H and O–H groups in total. The number of carbonyl (C=O) groups is 1. The van der Waals surface area contributed by atoms with Crippen molar-refractivity contribution in [1.29, 1.82) is 0 Å². The summed E-state index contributed by atoms with van der Waals surface area (Å²) >= 11 is 3.26. The smallest absolute Gasteiger partial charge is 0.243 e. The Bertz CT molecular complexity index is 645. The fraction of sp³-hybridized carbons (Fsp3) is 0.562. The van der Waals surface area contributed by atoms with Crippen LogP contribution in [-0.4, -0.2) is 52.0 Å². The number of amides is 1. The second kappa shape index (κ2) is 8.94. The van der Waals surface area contributed by atoms with Crippen molar-refractivity contribution in [3.05, 3.63) is 28.7 Å². The zero-order valence-electron chi connectivity index (χ0n) is 13.7. The maximum Gasteiger partial charge on any atom is 0.243 e. The van der Waals surface area contributed by atoms with Gasteiger partial charge in [0.05, 0.1) is 11.4 Å². The molecule has 0 radical (unpaired) electrons. The molecule has 0 aromatic heterocycles. The van der Waals surface area contributed by atoms with Gasteiger partial charge in [-0.1, -0.05) is 15.9 Å². The van der Waals surface area contributed by atoms with Gasteiger partial charge in [0.2, 0.25) is 15.9 Å². The van der Waals surface area contributed by atoms with Crippen LogP contribution in [-0.2, 0) is 19.6 Å². The summed E-state index contributed by atoms with van der Waals surface area (Å²) in [7, 11) is -2.27. The van der Waals surface area contributed by atoms with Crippen molar-refractivity contribution in [2.75, 3.05) is 33.4 Å². The first-order chi connectivity index (χ1) is 11.4. The van der Waals surface area contributed by atoms with Crippen molar-refractivity contribution in [2.45, 2.75) is 24.2 Å². The average molecular weight is 419 g/mol. The summed E-state index contributed by atoms with van der Waals surface area (Å²) in [6, 6.07) is 6.32. The third-order valence-electron chi connectivity index (χ3n) is 3.73. The Morgan fingerprint density at radius 1 is 1.33 bits per heavy atom. The number of hydrogen-bond acceptors (Lipinski definition) is 4. The Balaban J connectivity index is 1.70. The van der Waals surface area contributed by atoms with Gasteiger partial charge in [0.15, 0.2) is 0 Å². The zero-order valence-corrected chi connectivity index (χ0v) is 16.1. The zero-order chi connectivity index (χ0) is 17.6. The molecule has 0 bridgehead atoms. The van der Waals surface area contributed by atoms with Crippen LogP contribution in [0.25, 0.3) is 0 Å². The van der Waals surface area contributed by atoms with E-state index in [1.54, 1.807) is 12.1 Å². The van der Waals surface area contributed by atoms with E-state index in [0.29, 0.717) is 13.2 Å². The largest absolute Gasteiger partial charge is 0.381 e. The lowest BCUT2D eigenvalue weighted by atomic mass is 10.4. The monoisotopic (exact) mass is 418 g/mol. The molecule has 6 nitrogen and oxygen atoms in total. The Hall–Kier alpha value is -0.960. The van der Waals surface area contributed by atoms with Crippen LogP contribution in [0.3, 0.4) is 0 Å². The fourth-order valence-corrected chi connectivity index (χ4v) is 3.46. The van der Waals surface area contributed by atoms with Crippen LogP contribution < -0.4 is 5.32 Å². The maximum atomic E-state index is 12.4. The van der Waals surface area contributed by atoms with Gasteiger partial charge in [0.1, 0.15) is 0 Å². The highest BCUT2D eigenvalue weighted by molar-refractivity contribution is 9.10. The number of hydrogen-bond donors (Lipinski definition) is 1. The van der Waals surface area contributed by atoms with E-state index in [1.807, 2.05) is 0 Å². The molecule has 2 rings (SSSR count). The summed E-state index contributed by atoms with van der Waals surface area (Å²) in [5, 5.41) is 2.72. The van der Waals surface area contributed by atoms with Gasteiger partial charge in [0.25, 0.3) is 0 Å². The van der Waals surface area contributed by atoms with Crippen molar-refractivity contribution < 1.29 is 17.9 Å². The van der Waals surface area contributed by atoms with E-state index >= 15 is 0 Å². The van der Waals surface area contributed by atoms with Crippen LogP contribution in [0.1, 0.15) is 19.3 Å². The standard InChI is InChI=1S/C16H23BrN2O4S/c1-19(24(21,22)15-7-5-14(17)6-8-15)11-16(20)18-9-2-10-23-12-13-3-4-13/h5-8,13H,2-4,9-12H2,1H3,(H,18,20). The lowest BCUT2D eigenvalue weighted by Crippen LogP contribution is -2.38. The Labute approximate surface area is 151 Å². The van der Waals surface area contributed by atoms with Crippen LogP contribution in [0.15, 0.2) is 33.6 Å². The molecule has 0 atom stereocenters. The molecule has 1 fully saturated rings. The van der Waals surface area contributed by atoms with E-state index in [1.165, 1.54) is 32.0 Å². The van der Waals surface area contributed by atoms with E-state index in [0.717, 1.165) is 27.7 Å². The third kappa shape index (κ3) is 6.16. The van der Waals surface area contributed by atoms with Gasteiger partial charge < -0.3 is 10.1 Å². The van der Waals surface area contributed by atoms with Crippen LogP contribution in [0, 0.1) is 5.92 Å². The average Bonchev–Trinajstić information content (AvgIpc) is 3.35. The summed E-state index contributed by atoms with van der Waals surface area (Å²) in [5.74, 6) is 0.414. The SMILES string of the molecule is CN(CC(=O)NCCCOCC1CC1)S(=O)(=O)c1ccc(Br)cc1. The summed E-state index contributed by atoms with van der Waals surface area (Å²) in [6.45, 7) is 1.70. The molecule has 1 amide bonds. The van der Waals surface area contributed by atoms with Gasteiger partial charge in [0, 0.05) is 31.3 Å². The number of nitrogens with one attached hydrogen (secondary N) is 1. The number of likely N-dealkylation sites (N-methyl/N-ethyl adjacent to an activating group) is 1. The van der Waals surface area contributed by atoms with Crippen molar-refractivity contribution >= 4 is 31.9 Å². The first kappa shape index (κ1) is 19.4. The number of sulfonamides is 1. The van der Waals surface area contributed by atoms with Crippen LogP contribution in [0.2, 0.25) is 0 Å². The molecule has 1 saturated carbocycles. The highest BCUT2D eigenvalue weighted by atomic mass is 79.9. The van der Waals surface area contributed by atoms with Gasteiger partial charge in [-0.15, -0.1) is 0 Å². The molecule has 0 saturated heterocycles. The van der Waals surface area contributed by atoms with Gasteiger partial charge in [-0.2, -0.15) is 4.31 Å². The third-order valence-corrected chi connectivity index (χ3v) is 6.07. The molecule has 0 spiro atoms. The number of rotatable bonds is 10. The quantitative estimate of drug-likeness (QED) is 0.589. The normalized spacial score (nSPS) is 14.8. The predicted molar refractivity (Wildman–Crippen MR) is 95.1 cm³/mol. The van der Waals surface area contributed by atoms with Crippen LogP contribution >= 0.6 is 15.9 Å². The molecule has 1 aliphatic carbocycles. The molecule has 134 valence electrons. The van der Waals surface area contributed by atoms with E-state index in [-0.39, 0.29) is 17.3 Å². The molecule has 1 aromatic carbocycles. The van der Waals surface area contributed by atoms with Crippen LogP contribution in [0.5, 0.6) is 0 Å². The Kier molecular flexibility index (Phi) is 7.21. The first-order valence-electron chi connectivity index (χ1n) is 7.96. The molecule has 1 aromatic rings. The van der Waals surface area contributed by atoms with Crippen molar-refractivity contribution in [1.82, 2.24) is 9.62 Å². The van der Waals surface area contributed by atoms with Gasteiger partial charge in [-0.3, -0.25) is 4.79 Å². The molecule has 8 heteroatoms. The molecule has 0 unspecified atom stereocenters. The molecular formula is C16H23BrN2O4S. The lowest BCUT2D eigenvalue weighted by molar-refractivity contribution is -0.121. The maximum absolute atomic E-state index is 12.4. The molecular weight excluding hydrogens is 396 g/mol. The minimum Gasteiger partial charge on any atom is -0.381 e. The minimum absolute atomic E-state index is 0.162. The Morgan fingerprint density at radius 2 is 2.00 bits per heavy atom. The van der Waals surface area contributed by atoms with Gasteiger partial charge >= 0.3 is 0 Å². The van der Waals surface area contributed by atoms with E-state index in [2.05, 4.69) is 21.2 Å². The second-order valence-corrected chi connectivity index (χ2v) is 8.90. The van der Waals surface area contributed by atoms with Crippen molar-refractivity contribution in [2.24, 2.45) is 5.92 Å². The van der Waals surface area contributed by atoms with Gasteiger partial charge in [-0.25, -0.2) is 8.42 Å². The summed E-state index contributed by atoms with van der Waals surface area (Å²) in [5.41, 5.74) is 0. The number of benzene rings is 1. The highest BCUT2D eigenvalue weighted by Crippen LogP contribution is 2.28. The molecule has 0 aliphatic heterocycles. The van der Waals surface area contributed by atoms with E-state index in [9.17, 15) is 13.2 Å². The topological polar surface area (TPSA) is 75.7 Å². The number of ether oxygens (including phenoxy) is 1. The highest BCUT2D eigenvalue weighted by Gasteiger charge is 2.23. The lowest BCUT2D eigenvalue weighted by Gasteiger charge is -2.17. The summed E-state index contributed by atoms with van der Waals surface area (Å²) in [4.78, 5) is 12.0. The second-order valence-electron chi connectivity index (χ2n) is 5.94. The van der Waals surface area contributed by atoms with Crippen molar-refractivity contribution in [3.63, 3.8) is 0 Å².